The van der Waals surface area contributed by atoms with E-state index in [-0.39, 0.29) is 10.2 Å². The number of aliphatic hydroxyl groups is 1. The van der Waals surface area contributed by atoms with Crippen LogP contribution in [0.2, 0.25) is 19.6 Å². The van der Waals surface area contributed by atoms with Crippen molar-refractivity contribution in [3.63, 3.8) is 0 Å². The molecule has 2 saturated heterocycles. The summed E-state index contributed by atoms with van der Waals surface area (Å²) in [6, 6.07) is 10.8. The number of thioether (sulfide) groups is 4. The summed E-state index contributed by atoms with van der Waals surface area (Å²) in [6.07, 6.45) is 9.67. The predicted molar refractivity (Wildman–Crippen MR) is 142 cm³/mol. The molecule has 0 amide bonds. The molecule has 0 bridgehead atoms. The van der Waals surface area contributed by atoms with Crippen LogP contribution in [0.4, 0.5) is 0 Å². The smallest absolute Gasteiger partial charge is 0.0756 e. The first kappa shape index (κ1) is 24.2. The van der Waals surface area contributed by atoms with E-state index in [4.69, 9.17) is 0 Å². The maximum absolute atomic E-state index is 10.9. The van der Waals surface area contributed by atoms with E-state index in [0.29, 0.717) is 3.70 Å². The van der Waals surface area contributed by atoms with Gasteiger partial charge in [-0.1, -0.05) is 62.1 Å². The molecule has 2 fully saturated rings. The lowest BCUT2D eigenvalue weighted by Crippen LogP contribution is -2.48. The second-order valence-electron chi connectivity index (χ2n) is 9.08. The summed E-state index contributed by atoms with van der Waals surface area (Å²) >= 11 is 8.51. The van der Waals surface area contributed by atoms with Gasteiger partial charge in [0.25, 0.3) is 0 Å². The minimum Gasteiger partial charge on any atom is -0.389 e. The second kappa shape index (κ2) is 10.9. The van der Waals surface area contributed by atoms with Gasteiger partial charge in [0.15, 0.2) is 0 Å². The fraction of sp³-hybridized carbons (Fsp3) is 0.652. The highest BCUT2D eigenvalue weighted by atomic mass is 32.2. The van der Waals surface area contributed by atoms with Crippen LogP contribution in [0, 0.1) is 0 Å². The van der Waals surface area contributed by atoms with Crippen molar-refractivity contribution in [2.45, 2.75) is 65.6 Å². The first-order chi connectivity index (χ1) is 13.8. The Morgan fingerprint density at radius 1 is 0.966 bits per heavy atom. The molecule has 1 aromatic carbocycles. The van der Waals surface area contributed by atoms with Gasteiger partial charge in [0, 0.05) is 6.42 Å². The summed E-state index contributed by atoms with van der Waals surface area (Å²) in [5.74, 6) is 5.01. The molecular formula is C23H36OS4Si. The Balaban J connectivity index is 1.64. The third-order valence-corrected chi connectivity index (χ3v) is 19.1. The van der Waals surface area contributed by atoms with E-state index >= 15 is 0 Å². The molecule has 6 heteroatoms. The van der Waals surface area contributed by atoms with E-state index in [1.165, 1.54) is 41.4 Å². The molecule has 2 heterocycles. The molecule has 0 aromatic heterocycles. The van der Waals surface area contributed by atoms with Crippen LogP contribution in [0.25, 0.3) is 0 Å². The quantitative estimate of drug-likeness (QED) is 0.318. The largest absolute Gasteiger partial charge is 0.389 e. The third-order valence-electron chi connectivity index (χ3n) is 5.70. The molecule has 1 N–H and O–H groups in total. The Bertz CT molecular complexity index is 647. The van der Waals surface area contributed by atoms with Crippen molar-refractivity contribution in [3.05, 3.63) is 48.0 Å². The van der Waals surface area contributed by atoms with E-state index in [2.05, 4.69) is 109 Å². The molecule has 3 rings (SSSR count). The lowest BCUT2D eigenvalue weighted by molar-refractivity contribution is 0.207. The van der Waals surface area contributed by atoms with Gasteiger partial charge in [0.05, 0.1) is 22.0 Å². The lowest BCUT2D eigenvalue weighted by atomic mass is 10.0. The first-order valence-electron chi connectivity index (χ1n) is 10.8. The van der Waals surface area contributed by atoms with Crippen LogP contribution in [-0.2, 0) is 6.42 Å². The van der Waals surface area contributed by atoms with Crippen LogP contribution < -0.4 is 0 Å². The molecule has 1 aromatic rings. The molecule has 162 valence electrons. The van der Waals surface area contributed by atoms with Crippen molar-refractivity contribution < 1.29 is 5.11 Å². The topological polar surface area (TPSA) is 20.2 Å². The summed E-state index contributed by atoms with van der Waals surface area (Å²) in [4.78, 5) is 0. The first-order valence-corrected chi connectivity index (χ1v) is 18.2. The van der Waals surface area contributed by atoms with E-state index in [1.54, 1.807) is 0 Å². The van der Waals surface area contributed by atoms with Crippen LogP contribution in [0.15, 0.2) is 42.5 Å². The van der Waals surface area contributed by atoms with Gasteiger partial charge in [0.2, 0.25) is 0 Å². The van der Waals surface area contributed by atoms with Crippen molar-refractivity contribution >= 4 is 55.1 Å². The Hall–Kier alpha value is 0.537. The standard InChI is InChI=1S/C23H36OS4Si/c1-29(2,3)23(27-16-9-17-28-23)13-7-12-21(24)19-22(25-14-8-15-26-22)18-20-10-5-4-6-11-20/h4-7,10-12,21,24H,8-9,13-19H2,1-3H3/b12-7+. The van der Waals surface area contributed by atoms with Crippen LogP contribution in [0.3, 0.4) is 0 Å². The van der Waals surface area contributed by atoms with Gasteiger partial charge < -0.3 is 5.11 Å². The van der Waals surface area contributed by atoms with Crippen LogP contribution in [-0.4, -0.2) is 50.1 Å². The SMILES string of the molecule is C[Si](C)(C)C1(C/C=C/C(O)CC2(Cc3ccccc3)SCCCS2)SCCCS1. The average molecular weight is 485 g/mol. The van der Waals surface area contributed by atoms with Gasteiger partial charge in [-0.15, -0.1) is 47.0 Å². The van der Waals surface area contributed by atoms with Crippen molar-refractivity contribution in [1.82, 2.24) is 0 Å². The highest BCUT2D eigenvalue weighted by Gasteiger charge is 2.44. The van der Waals surface area contributed by atoms with Gasteiger partial charge in [0.1, 0.15) is 0 Å². The summed E-state index contributed by atoms with van der Waals surface area (Å²) in [7, 11) is -1.30. The molecule has 0 spiro atoms. The number of hydrogen-bond donors (Lipinski definition) is 1. The molecule has 1 atom stereocenters. The molecular weight excluding hydrogens is 449 g/mol. The molecule has 0 aliphatic carbocycles. The molecule has 1 nitrogen and oxygen atoms in total. The minimum absolute atomic E-state index is 0.105. The van der Waals surface area contributed by atoms with Crippen molar-refractivity contribution in [1.29, 1.82) is 0 Å². The van der Waals surface area contributed by atoms with Crippen molar-refractivity contribution in [2.24, 2.45) is 0 Å². The third kappa shape index (κ3) is 6.76. The molecule has 0 saturated carbocycles. The Labute approximate surface area is 196 Å². The highest BCUT2D eigenvalue weighted by molar-refractivity contribution is 8.21. The van der Waals surface area contributed by atoms with Gasteiger partial charge in [-0.2, -0.15) is 0 Å². The predicted octanol–water partition coefficient (Wildman–Crippen LogP) is 6.94. The average Bonchev–Trinajstić information content (AvgIpc) is 2.69. The zero-order valence-electron chi connectivity index (χ0n) is 18.1. The summed E-state index contributed by atoms with van der Waals surface area (Å²) in [6.45, 7) is 7.52. The monoisotopic (exact) mass is 484 g/mol. The zero-order chi connectivity index (χ0) is 20.8. The fourth-order valence-corrected chi connectivity index (χ4v) is 15.0. The molecule has 0 radical (unpaired) electrons. The molecule has 1 unspecified atom stereocenters. The molecule has 2 aliphatic rings. The zero-order valence-corrected chi connectivity index (χ0v) is 22.3. The van der Waals surface area contributed by atoms with Gasteiger partial charge in [-0.3, -0.25) is 0 Å². The van der Waals surface area contributed by atoms with E-state index < -0.39 is 8.07 Å². The number of rotatable bonds is 8. The van der Waals surface area contributed by atoms with Crippen molar-refractivity contribution in [3.8, 4) is 0 Å². The number of benzene rings is 1. The number of allylic oxidation sites excluding steroid dienone is 1. The highest BCUT2D eigenvalue weighted by Crippen LogP contribution is 2.51. The van der Waals surface area contributed by atoms with Crippen molar-refractivity contribution in [2.75, 3.05) is 23.0 Å². The second-order valence-corrected chi connectivity index (χ2v) is 21.4. The summed E-state index contributed by atoms with van der Waals surface area (Å²) in [5.41, 5.74) is 1.39. The lowest BCUT2D eigenvalue weighted by Gasteiger charge is -2.44. The Morgan fingerprint density at radius 2 is 1.55 bits per heavy atom. The maximum atomic E-state index is 10.9. The number of hydrogen-bond acceptors (Lipinski definition) is 5. The minimum atomic E-state index is -1.30. The van der Waals surface area contributed by atoms with Gasteiger partial charge in [-0.25, -0.2) is 0 Å². The van der Waals surface area contributed by atoms with Gasteiger partial charge in [-0.05, 0) is 54.3 Å². The van der Waals surface area contributed by atoms with E-state index in [0.717, 1.165) is 19.3 Å². The van der Waals surface area contributed by atoms with Crippen LogP contribution in [0.1, 0.15) is 31.2 Å². The Kier molecular flexibility index (Phi) is 9.10. The Morgan fingerprint density at radius 3 is 2.14 bits per heavy atom. The fourth-order valence-electron chi connectivity index (χ4n) is 4.01. The molecule has 2 aliphatic heterocycles. The van der Waals surface area contributed by atoms with E-state index in [1.807, 2.05) is 0 Å². The normalized spacial score (nSPS) is 23.2. The molecule has 29 heavy (non-hydrogen) atoms. The van der Waals surface area contributed by atoms with Crippen LogP contribution >= 0.6 is 47.0 Å². The summed E-state index contributed by atoms with van der Waals surface area (Å²) in [5, 5.41) is 10.9. The number of aliphatic hydroxyl groups excluding tert-OH is 1. The van der Waals surface area contributed by atoms with Gasteiger partial charge >= 0.3 is 0 Å². The van der Waals surface area contributed by atoms with E-state index in [9.17, 15) is 5.11 Å². The summed E-state index contributed by atoms with van der Waals surface area (Å²) < 4.78 is 0.478. The maximum Gasteiger partial charge on any atom is 0.0756 e. The van der Waals surface area contributed by atoms with Crippen LogP contribution in [0.5, 0.6) is 0 Å².